The molecule has 0 radical (unpaired) electrons. The van der Waals surface area contributed by atoms with Gasteiger partial charge in [0.05, 0.1) is 11.5 Å². The molecule has 16 heavy (non-hydrogen) atoms. The monoisotopic (exact) mass is 249 g/mol. The number of carboxylic acids is 1. The molecule has 2 N–H and O–H groups in total. The molecule has 1 fully saturated rings. The first-order valence-electron chi connectivity index (χ1n) is 5.57. The topological polar surface area (TPSA) is 83.5 Å². The quantitative estimate of drug-likeness (QED) is 0.737. The van der Waals surface area contributed by atoms with Gasteiger partial charge in [-0.3, -0.25) is 4.79 Å². The SMILES string of the molecule is CC(CCC(=O)O)NC1CCS(=O)(=O)CC1. The molecule has 0 amide bonds. The van der Waals surface area contributed by atoms with Crippen molar-refractivity contribution in [3.05, 3.63) is 0 Å². The maximum Gasteiger partial charge on any atom is 0.303 e. The molecule has 94 valence electrons. The van der Waals surface area contributed by atoms with Gasteiger partial charge in [-0.05, 0) is 26.2 Å². The Morgan fingerprint density at radius 3 is 2.50 bits per heavy atom. The van der Waals surface area contributed by atoms with E-state index in [-0.39, 0.29) is 30.0 Å². The summed E-state index contributed by atoms with van der Waals surface area (Å²) in [6, 6.07) is 0.342. The van der Waals surface area contributed by atoms with Gasteiger partial charge in [0.2, 0.25) is 0 Å². The molecule has 1 rings (SSSR count). The minimum absolute atomic E-state index is 0.127. The van der Waals surface area contributed by atoms with E-state index >= 15 is 0 Å². The lowest BCUT2D eigenvalue weighted by Gasteiger charge is -2.26. The summed E-state index contributed by atoms with van der Waals surface area (Å²) in [5.41, 5.74) is 0. The molecule has 1 saturated heterocycles. The molecule has 1 unspecified atom stereocenters. The van der Waals surface area contributed by atoms with Gasteiger partial charge in [0, 0.05) is 18.5 Å². The Morgan fingerprint density at radius 1 is 1.44 bits per heavy atom. The van der Waals surface area contributed by atoms with Gasteiger partial charge in [-0.1, -0.05) is 0 Å². The van der Waals surface area contributed by atoms with Crippen molar-refractivity contribution in [3.63, 3.8) is 0 Å². The summed E-state index contributed by atoms with van der Waals surface area (Å²) in [7, 11) is -2.81. The molecule has 0 aromatic rings. The Kier molecular flexibility index (Phi) is 4.73. The predicted octanol–water partition coefficient (Wildman–Crippen LogP) is 0.407. The molecule has 6 heteroatoms. The molecule has 1 aliphatic rings. The van der Waals surface area contributed by atoms with Crippen LogP contribution in [0.1, 0.15) is 32.6 Å². The molecule has 0 saturated carbocycles. The van der Waals surface area contributed by atoms with Crippen LogP contribution in [0.3, 0.4) is 0 Å². The van der Waals surface area contributed by atoms with Gasteiger partial charge in [0.25, 0.3) is 0 Å². The first-order valence-corrected chi connectivity index (χ1v) is 7.39. The van der Waals surface area contributed by atoms with Gasteiger partial charge in [-0.2, -0.15) is 0 Å². The van der Waals surface area contributed by atoms with Crippen molar-refractivity contribution in [2.24, 2.45) is 0 Å². The molecule has 0 aliphatic carbocycles. The Labute approximate surface area is 96.1 Å². The van der Waals surface area contributed by atoms with Crippen LogP contribution in [-0.4, -0.2) is 43.1 Å². The number of rotatable bonds is 5. The van der Waals surface area contributed by atoms with E-state index in [1.807, 2.05) is 6.92 Å². The van der Waals surface area contributed by atoms with Gasteiger partial charge >= 0.3 is 5.97 Å². The summed E-state index contributed by atoms with van der Waals surface area (Å²) >= 11 is 0. The van der Waals surface area contributed by atoms with E-state index in [0.29, 0.717) is 19.3 Å². The van der Waals surface area contributed by atoms with Crippen LogP contribution in [0.2, 0.25) is 0 Å². The van der Waals surface area contributed by atoms with Crippen molar-refractivity contribution in [1.82, 2.24) is 5.32 Å². The number of nitrogens with one attached hydrogen (secondary N) is 1. The molecule has 1 atom stereocenters. The highest BCUT2D eigenvalue weighted by molar-refractivity contribution is 7.91. The number of hydrogen-bond acceptors (Lipinski definition) is 4. The van der Waals surface area contributed by atoms with Crippen LogP contribution in [0.15, 0.2) is 0 Å². The molecule has 0 aromatic heterocycles. The van der Waals surface area contributed by atoms with Crippen LogP contribution >= 0.6 is 0 Å². The summed E-state index contributed by atoms with van der Waals surface area (Å²) < 4.78 is 22.4. The summed E-state index contributed by atoms with van der Waals surface area (Å²) in [4.78, 5) is 10.4. The predicted molar refractivity (Wildman–Crippen MR) is 61.1 cm³/mol. The second-order valence-corrected chi connectivity index (χ2v) is 6.73. The molecular weight excluding hydrogens is 230 g/mol. The standard InChI is InChI=1S/C10H19NO4S/c1-8(2-3-10(12)13)11-9-4-6-16(14,15)7-5-9/h8-9,11H,2-7H2,1H3,(H,12,13). The van der Waals surface area contributed by atoms with Gasteiger partial charge < -0.3 is 10.4 Å². The zero-order valence-corrected chi connectivity index (χ0v) is 10.3. The lowest BCUT2D eigenvalue weighted by molar-refractivity contribution is -0.137. The number of carboxylic acid groups (broad SMARTS) is 1. The van der Waals surface area contributed by atoms with Crippen LogP contribution in [0.4, 0.5) is 0 Å². The van der Waals surface area contributed by atoms with E-state index in [0.717, 1.165) is 0 Å². The first kappa shape index (κ1) is 13.4. The largest absolute Gasteiger partial charge is 0.481 e. The van der Waals surface area contributed by atoms with Crippen LogP contribution in [-0.2, 0) is 14.6 Å². The number of hydrogen-bond donors (Lipinski definition) is 2. The molecule has 1 heterocycles. The molecule has 0 aromatic carbocycles. The second-order valence-electron chi connectivity index (χ2n) is 4.43. The van der Waals surface area contributed by atoms with E-state index in [1.165, 1.54) is 0 Å². The second kappa shape index (κ2) is 5.63. The van der Waals surface area contributed by atoms with E-state index in [2.05, 4.69) is 5.32 Å². The normalized spacial score (nSPS) is 22.8. The van der Waals surface area contributed by atoms with Crippen molar-refractivity contribution in [2.75, 3.05) is 11.5 Å². The highest BCUT2D eigenvalue weighted by Crippen LogP contribution is 2.13. The van der Waals surface area contributed by atoms with Crippen LogP contribution in [0, 0.1) is 0 Å². The van der Waals surface area contributed by atoms with Gasteiger partial charge in [0.15, 0.2) is 0 Å². The van der Waals surface area contributed by atoms with E-state index in [9.17, 15) is 13.2 Å². The maximum absolute atomic E-state index is 11.2. The Balaban J connectivity index is 2.25. The molecule has 1 aliphatic heterocycles. The van der Waals surface area contributed by atoms with E-state index in [1.54, 1.807) is 0 Å². The Bertz CT molecular complexity index is 325. The third-order valence-electron chi connectivity index (χ3n) is 2.87. The van der Waals surface area contributed by atoms with Crippen molar-refractivity contribution >= 4 is 15.8 Å². The first-order chi connectivity index (χ1) is 7.39. The lowest BCUT2D eigenvalue weighted by Crippen LogP contribution is -2.42. The van der Waals surface area contributed by atoms with Crippen molar-refractivity contribution in [3.8, 4) is 0 Å². The fourth-order valence-corrected chi connectivity index (χ4v) is 3.37. The maximum atomic E-state index is 11.2. The minimum atomic E-state index is -2.81. The zero-order chi connectivity index (χ0) is 12.2. The molecule has 0 bridgehead atoms. The third kappa shape index (κ3) is 4.94. The summed E-state index contributed by atoms with van der Waals surface area (Å²) in [6.07, 6.45) is 2.01. The minimum Gasteiger partial charge on any atom is -0.481 e. The van der Waals surface area contributed by atoms with Crippen LogP contribution < -0.4 is 5.32 Å². The fourth-order valence-electron chi connectivity index (χ4n) is 1.88. The van der Waals surface area contributed by atoms with Gasteiger partial charge in [0.1, 0.15) is 9.84 Å². The van der Waals surface area contributed by atoms with Crippen molar-refractivity contribution in [2.45, 2.75) is 44.7 Å². The van der Waals surface area contributed by atoms with Crippen LogP contribution in [0.5, 0.6) is 0 Å². The highest BCUT2D eigenvalue weighted by Gasteiger charge is 2.24. The molecule has 0 spiro atoms. The number of sulfone groups is 1. The molecule has 5 nitrogen and oxygen atoms in total. The fraction of sp³-hybridized carbons (Fsp3) is 0.900. The van der Waals surface area contributed by atoms with Gasteiger partial charge in [-0.15, -0.1) is 0 Å². The molecular formula is C10H19NO4S. The lowest BCUT2D eigenvalue weighted by atomic mass is 10.1. The van der Waals surface area contributed by atoms with Crippen molar-refractivity contribution < 1.29 is 18.3 Å². The summed E-state index contributed by atoms with van der Waals surface area (Å²) in [5, 5.41) is 11.8. The van der Waals surface area contributed by atoms with E-state index < -0.39 is 15.8 Å². The summed E-state index contributed by atoms with van der Waals surface area (Å²) in [5.74, 6) is -0.299. The average Bonchev–Trinajstić information content (AvgIpc) is 2.18. The third-order valence-corrected chi connectivity index (χ3v) is 4.58. The number of carbonyl (C=O) groups is 1. The Morgan fingerprint density at radius 2 is 2.00 bits per heavy atom. The highest BCUT2D eigenvalue weighted by atomic mass is 32.2. The average molecular weight is 249 g/mol. The van der Waals surface area contributed by atoms with E-state index in [4.69, 9.17) is 5.11 Å². The smallest absolute Gasteiger partial charge is 0.303 e. The van der Waals surface area contributed by atoms with Crippen LogP contribution in [0.25, 0.3) is 0 Å². The Hall–Kier alpha value is -0.620. The summed E-state index contributed by atoms with van der Waals surface area (Å²) in [6.45, 7) is 1.94. The van der Waals surface area contributed by atoms with Crippen molar-refractivity contribution in [1.29, 1.82) is 0 Å². The van der Waals surface area contributed by atoms with Gasteiger partial charge in [-0.25, -0.2) is 8.42 Å². The number of aliphatic carboxylic acids is 1. The zero-order valence-electron chi connectivity index (χ0n) is 9.48.